The van der Waals surface area contributed by atoms with Gasteiger partial charge >= 0.3 is 0 Å². The predicted molar refractivity (Wildman–Crippen MR) is 68.8 cm³/mol. The van der Waals surface area contributed by atoms with Crippen LogP contribution in [0.4, 0.5) is 0 Å². The molecule has 0 aliphatic heterocycles. The summed E-state index contributed by atoms with van der Waals surface area (Å²) in [5.74, 6) is 0.247. The highest BCUT2D eigenvalue weighted by Crippen LogP contribution is 2.44. The summed E-state index contributed by atoms with van der Waals surface area (Å²) in [6, 6.07) is 3.76. The monoisotopic (exact) mass is 295 g/mol. The number of carbonyl (C=O) groups excluding carboxylic acids is 1. The standard InChI is InChI=1S/C13H14BrNO2/c1-9-6-10(7-11(14)12(9)17)13(15-8-16)4-2-3-5-13/h6-7,17H,2-5H2,1H3. The van der Waals surface area contributed by atoms with E-state index < -0.39 is 5.54 Å². The van der Waals surface area contributed by atoms with Crippen molar-refractivity contribution in [2.75, 3.05) is 0 Å². The number of isocyanates is 1. The minimum absolute atomic E-state index is 0.247. The van der Waals surface area contributed by atoms with Gasteiger partial charge in [0.2, 0.25) is 6.08 Å². The van der Waals surface area contributed by atoms with E-state index in [-0.39, 0.29) is 5.75 Å². The minimum Gasteiger partial charge on any atom is -0.506 e. The summed E-state index contributed by atoms with van der Waals surface area (Å²) in [5.41, 5.74) is 1.35. The summed E-state index contributed by atoms with van der Waals surface area (Å²) in [6.45, 7) is 1.84. The number of aromatic hydroxyl groups is 1. The zero-order valence-electron chi connectivity index (χ0n) is 9.66. The third-order valence-corrected chi connectivity index (χ3v) is 4.09. The molecule has 0 saturated heterocycles. The van der Waals surface area contributed by atoms with Crippen LogP contribution in [-0.4, -0.2) is 11.2 Å². The van der Waals surface area contributed by atoms with Gasteiger partial charge in [-0.05, 0) is 59.0 Å². The van der Waals surface area contributed by atoms with Crippen LogP contribution in [0.3, 0.4) is 0 Å². The van der Waals surface area contributed by atoms with Gasteiger partial charge in [0.15, 0.2) is 0 Å². The Bertz CT molecular complexity index is 463. The lowest BCUT2D eigenvalue weighted by Crippen LogP contribution is -2.19. The molecular weight excluding hydrogens is 282 g/mol. The fourth-order valence-electron chi connectivity index (χ4n) is 2.52. The van der Waals surface area contributed by atoms with Crippen molar-refractivity contribution in [1.82, 2.24) is 0 Å². The summed E-state index contributed by atoms with van der Waals surface area (Å²) in [6.07, 6.45) is 5.59. The van der Waals surface area contributed by atoms with Crippen molar-refractivity contribution in [2.24, 2.45) is 4.99 Å². The van der Waals surface area contributed by atoms with Gasteiger partial charge < -0.3 is 5.11 Å². The number of rotatable bonds is 2. The molecule has 0 unspecified atom stereocenters. The Labute approximate surface area is 109 Å². The average molecular weight is 296 g/mol. The fraction of sp³-hybridized carbons (Fsp3) is 0.462. The zero-order valence-corrected chi connectivity index (χ0v) is 11.2. The van der Waals surface area contributed by atoms with Crippen LogP contribution in [0.1, 0.15) is 36.8 Å². The fourth-order valence-corrected chi connectivity index (χ4v) is 3.08. The Hall–Kier alpha value is -1.12. The molecule has 1 saturated carbocycles. The number of nitrogens with zero attached hydrogens (tertiary/aromatic N) is 1. The van der Waals surface area contributed by atoms with Crippen molar-refractivity contribution < 1.29 is 9.90 Å². The smallest absolute Gasteiger partial charge is 0.235 e. The highest BCUT2D eigenvalue weighted by Gasteiger charge is 2.36. The van der Waals surface area contributed by atoms with Crippen molar-refractivity contribution in [3.05, 3.63) is 27.7 Å². The maximum Gasteiger partial charge on any atom is 0.235 e. The largest absolute Gasteiger partial charge is 0.506 e. The van der Waals surface area contributed by atoms with E-state index in [1.165, 1.54) is 0 Å². The highest BCUT2D eigenvalue weighted by atomic mass is 79.9. The molecule has 1 aliphatic rings. The molecule has 1 aliphatic carbocycles. The molecular formula is C13H14BrNO2. The lowest BCUT2D eigenvalue weighted by Gasteiger charge is -2.24. The van der Waals surface area contributed by atoms with Crippen LogP contribution in [0.2, 0.25) is 0 Å². The van der Waals surface area contributed by atoms with Gasteiger partial charge in [-0.3, -0.25) is 0 Å². The maximum absolute atomic E-state index is 10.6. The first-order chi connectivity index (χ1) is 8.09. The van der Waals surface area contributed by atoms with E-state index in [1.807, 2.05) is 19.1 Å². The lowest BCUT2D eigenvalue weighted by atomic mass is 9.88. The molecule has 0 amide bonds. The zero-order chi connectivity index (χ0) is 12.5. The normalized spacial score (nSPS) is 17.8. The first-order valence-electron chi connectivity index (χ1n) is 5.68. The van der Waals surface area contributed by atoms with Gasteiger partial charge in [0.05, 0.1) is 10.0 Å². The Morgan fingerprint density at radius 3 is 2.59 bits per heavy atom. The third-order valence-electron chi connectivity index (χ3n) is 3.48. The lowest BCUT2D eigenvalue weighted by molar-refractivity contribution is 0.448. The van der Waals surface area contributed by atoms with E-state index in [0.29, 0.717) is 4.47 Å². The summed E-state index contributed by atoms with van der Waals surface area (Å²) < 4.78 is 0.653. The van der Waals surface area contributed by atoms with Crippen LogP contribution in [0, 0.1) is 6.92 Å². The molecule has 0 radical (unpaired) electrons. The number of halogens is 1. The SMILES string of the molecule is Cc1cc(C2(N=C=O)CCCC2)cc(Br)c1O. The summed E-state index contributed by atoms with van der Waals surface area (Å²) in [7, 11) is 0. The second-order valence-electron chi connectivity index (χ2n) is 4.57. The third kappa shape index (κ3) is 2.15. The van der Waals surface area contributed by atoms with Gasteiger partial charge in [-0.25, -0.2) is 4.79 Å². The van der Waals surface area contributed by atoms with E-state index in [9.17, 15) is 9.90 Å². The van der Waals surface area contributed by atoms with Gasteiger partial charge in [-0.2, -0.15) is 4.99 Å². The summed E-state index contributed by atoms with van der Waals surface area (Å²) in [5, 5.41) is 9.73. The number of aliphatic imine (C=N–C) groups is 1. The Balaban J connectivity index is 2.54. The molecule has 17 heavy (non-hydrogen) atoms. The van der Waals surface area contributed by atoms with Gasteiger partial charge in [-0.15, -0.1) is 0 Å². The molecule has 0 spiro atoms. The van der Waals surface area contributed by atoms with Crippen molar-refractivity contribution in [3.63, 3.8) is 0 Å². The molecule has 0 aromatic heterocycles. The molecule has 2 rings (SSSR count). The molecule has 1 aromatic rings. The second kappa shape index (κ2) is 4.63. The predicted octanol–water partition coefficient (Wildman–Crippen LogP) is 3.57. The van der Waals surface area contributed by atoms with E-state index in [0.717, 1.165) is 36.8 Å². The van der Waals surface area contributed by atoms with Crippen molar-refractivity contribution >= 4 is 22.0 Å². The minimum atomic E-state index is -0.428. The van der Waals surface area contributed by atoms with Crippen LogP contribution < -0.4 is 0 Å². The van der Waals surface area contributed by atoms with Gasteiger partial charge in [0, 0.05) is 0 Å². The summed E-state index contributed by atoms with van der Waals surface area (Å²) in [4.78, 5) is 14.7. The molecule has 1 aromatic carbocycles. The van der Waals surface area contributed by atoms with E-state index >= 15 is 0 Å². The molecule has 1 N–H and O–H groups in total. The van der Waals surface area contributed by atoms with Gasteiger partial charge in [0.1, 0.15) is 5.75 Å². The van der Waals surface area contributed by atoms with Crippen LogP contribution >= 0.6 is 15.9 Å². The molecule has 90 valence electrons. The highest BCUT2D eigenvalue weighted by molar-refractivity contribution is 9.10. The quantitative estimate of drug-likeness (QED) is 0.670. The number of benzene rings is 1. The van der Waals surface area contributed by atoms with Crippen molar-refractivity contribution in [3.8, 4) is 5.75 Å². The average Bonchev–Trinajstić information content (AvgIpc) is 2.75. The molecule has 4 heteroatoms. The topological polar surface area (TPSA) is 49.7 Å². The van der Waals surface area contributed by atoms with Crippen LogP contribution in [-0.2, 0) is 10.3 Å². The molecule has 0 heterocycles. The summed E-state index contributed by atoms with van der Waals surface area (Å²) >= 11 is 3.33. The maximum atomic E-state index is 10.6. The Morgan fingerprint density at radius 2 is 2.06 bits per heavy atom. The van der Waals surface area contributed by atoms with E-state index in [4.69, 9.17) is 0 Å². The Kier molecular flexibility index (Phi) is 3.36. The van der Waals surface area contributed by atoms with E-state index in [2.05, 4.69) is 20.9 Å². The number of phenols is 1. The first-order valence-corrected chi connectivity index (χ1v) is 6.47. The first kappa shape index (κ1) is 12.3. The molecule has 0 atom stereocenters. The molecule has 1 fully saturated rings. The van der Waals surface area contributed by atoms with E-state index in [1.54, 1.807) is 6.08 Å². The van der Waals surface area contributed by atoms with Crippen molar-refractivity contribution in [2.45, 2.75) is 38.1 Å². The second-order valence-corrected chi connectivity index (χ2v) is 5.42. The van der Waals surface area contributed by atoms with Crippen LogP contribution in [0.15, 0.2) is 21.6 Å². The number of hydrogen-bond donors (Lipinski definition) is 1. The van der Waals surface area contributed by atoms with Crippen LogP contribution in [0.5, 0.6) is 5.75 Å². The number of hydrogen-bond acceptors (Lipinski definition) is 3. The molecule has 3 nitrogen and oxygen atoms in total. The molecule has 0 bridgehead atoms. The van der Waals surface area contributed by atoms with Crippen LogP contribution in [0.25, 0.3) is 0 Å². The Morgan fingerprint density at radius 1 is 1.41 bits per heavy atom. The number of aryl methyl sites for hydroxylation is 1. The number of phenolic OH excluding ortho intramolecular Hbond substituents is 1. The van der Waals surface area contributed by atoms with Gasteiger partial charge in [-0.1, -0.05) is 12.8 Å². The van der Waals surface area contributed by atoms with Crippen molar-refractivity contribution in [1.29, 1.82) is 0 Å². The van der Waals surface area contributed by atoms with Gasteiger partial charge in [0.25, 0.3) is 0 Å².